The second kappa shape index (κ2) is 4.82. The average molecular weight is 293 g/mol. The summed E-state index contributed by atoms with van der Waals surface area (Å²) < 4.78 is 0.384. The molecule has 0 saturated heterocycles. The zero-order chi connectivity index (χ0) is 11.6. The summed E-state index contributed by atoms with van der Waals surface area (Å²) in [5, 5.41) is 10.5. The smallest absolute Gasteiger partial charge is 0.295 e. The van der Waals surface area contributed by atoms with E-state index in [-0.39, 0.29) is 18.0 Å². The van der Waals surface area contributed by atoms with Crippen LogP contribution in [0.5, 0.6) is 0 Å². The molecular weight excluding hydrogens is 284 g/mol. The van der Waals surface area contributed by atoms with Gasteiger partial charge in [-0.05, 0) is 30.0 Å². The second-order valence-corrected chi connectivity index (χ2v) is 5.56. The van der Waals surface area contributed by atoms with Crippen LogP contribution in [-0.4, -0.2) is 36.2 Å². The SMILES string of the molecule is CN(C)CC(=O)c1cc([N+](=O)[O-])c(Br)s1. The van der Waals surface area contributed by atoms with E-state index < -0.39 is 4.92 Å². The van der Waals surface area contributed by atoms with Crippen LogP contribution < -0.4 is 0 Å². The Labute approximate surface area is 99.0 Å². The molecule has 1 aromatic heterocycles. The number of hydrogen-bond acceptors (Lipinski definition) is 5. The number of halogens is 1. The van der Waals surface area contributed by atoms with Crippen LogP contribution in [0.3, 0.4) is 0 Å². The third-order valence-corrected chi connectivity index (χ3v) is 3.45. The minimum Gasteiger partial charge on any atom is -0.302 e. The summed E-state index contributed by atoms with van der Waals surface area (Å²) >= 11 is 4.15. The molecule has 1 rings (SSSR count). The number of rotatable bonds is 4. The molecule has 0 atom stereocenters. The Balaban J connectivity index is 2.92. The third kappa shape index (κ3) is 3.08. The van der Waals surface area contributed by atoms with E-state index in [1.807, 2.05) is 0 Å². The molecule has 0 aliphatic rings. The van der Waals surface area contributed by atoms with Gasteiger partial charge in [0.25, 0.3) is 5.69 Å². The number of nitrogens with zero attached hydrogens (tertiary/aromatic N) is 2. The van der Waals surface area contributed by atoms with Crippen LogP contribution in [-0.2, 0) is 0 Å². The van der Waals surface area contributed by atoms with E-state index in [4.69, 9.17) is 0 Å². The van der Waals surface area contributed by atoms with Crippen LogP contribution in [0, 0.1) is 10.1 Å². The van der Waals surface area contributed by atoms with E-state index in [0.717, 1.165) is 11.3 Å². The van der Waals surface area contributed by atoms with Gasteiger partial charge in [-0.15, -0.1) is 11.3 Å². The zero-order valence-corrected chi connectivity index (χ0v) is 10.6. The van der Waals surface area contributed by atoms with Gasteiger partial charge in [-0.25, -0.2) is 0 Å². The van der Waals surface area contributed by atoms with Gasteiger partial charge in [0, 0.05) is 6.07 Å². The molecule has 7 heteroatoms. The lowest BCUT2D eigenvalue weighted by Crippen LogP contribution is -2.20. The van der Waals surface area contributed by atoms with E-state index in [9.17, 15) is 14.9 Å². The molecule has 0 saturated carbocycles. The largest absolute Gasteiger partial charge is 0.302 e. The Morgan fingerprint density at radius 1 is 1.67 bits per heavy atom. The summed E-state index contributed by atoms with van der Waals surface area (Å²) in [6, 6.07) is 1.31. The third-order valence-electron chi connectivity index (χ3n) is 1.60. The van der Waals surface area contributed by atoms with Crippen molar-refractivity contribution in [1.82, 2.24) is 4.90 Å². The molecule has 0 N–H and O–H groups in total. The fourth-order valence-electron chi connectivity index (χ4n) is 0.986. The highest BCUT2D eigenvalue weighted by Gasteiger charge is 2.20. The molecular formula is C8H9BrN2O3S. The molecule has 15 heavy (non-hydrogen) atoms. The van der Waals surface area contributed by atoms with Gasteiger partial charge in [-0.1, -0.05) is 0 Å². The van der Waals surface area contributed by atoms with Crippen LogP contribution in [0.2, 0.25) is 0 Å². The van der Waals surface area contributed by atoms with Gasteiger partial charge < -0.3 is 4.90 Å². The number of nitro groups is 1. The average Bonchev–Trinajstić information content (AvgIpc) is 2.46. The Morgan fingerprint density at radius 2 is 2.27 bits per heavy atom. The van der Waals surface area contributed by atoms with Crippen LogP contribution in [0.4, 0.5) is 5.69 Å². The molecule has 1 heterocycles. The monoisotopic (exact) mass is 292 g/mol. The number of likely N-dealkylation sites (N-methyl/N-ethyl adjacent to an activating group) is 1. The van der Waals surface area contributed by atoms with Crippen molar-refractivity contribution in [3.05, 3.63) is 24.8 Å². The van der Waals surface area contributed by atoms with Crippen molar-refractivity contribution in [2.45, 2.75) is 0 Å². The molecule has 0 aliphatic heterocycles. The predicted molar refractivity (Wildman–Crippen MR) is 61.6 cm³/mol. The number of carbonyl (C=O) groups excluding carboxylic acids is 1. The van der Waals surface area contributed by atoms with Crippen LogP contribution in [0.1, 0.15) is 9.67 Å². The Morgan fingerprint density at radius 3 is 2.67 bits per heavy atom. The number of ketones is 1. The van der Waals surface area contributed by atoms with E-state index in [2.05, 4.69) is 15.9 Å². The van der Waals surface area contributed by atoms with Crippen molar-refractivity contribution < 1.29 is 9.72 Å². The van der Waals surface area contributed by atoms with Crippen molar-refractivity contribution in [3.63, 3.8) is 0 Å². The molecule has 0 radical (unpaired) electrons. The number of Topliss-reactive ketones (excluding diaryl/α,β-unsaturated/α-hetero) is 1. The normalized spacial score (nSPS) is 10.7. The van der Waals surface area contributed by atoms with Crippen molar-refractivity contribution in [2.24, 2.45) is 0 Å². The molecule has 0 bridgehead atoms. The number of carbonyl (C=O) groups is 1. The summed E-state index contributed by atoms with van der Waals surface area (Å²) in [5.74, 6) is -0.112. The quantitative estimate of drug-likeness (QED) is 0.485. The second-order valence-electron chi connectivity index (χ2n) is 3.19. The van der Waals surface area contributed by atoms with Crippen molar-refractivity contribution in [2.75, 3.05) is 20.6 Å². The zero-order valence-electron chi connectivity index (χ0n) is 8.19. The number of thiophene rings is 1. The van der Waals surface area contributed by atoms with E-state index in [1.54, 1.807) is 19.0 Å². The lowest BCUT2D eigenvalue weighted by Gasteiger charge is -2.05. The maximum absolute atomic E-state index is 11.6. The van der Waals surface area contributed by atoms with Gasteiger partial charge in [0.15, 0.2) is 5.78 Å². The minimum atomic E-state index is -0.507. The molecule has 5 nitrogen and oxygen atoms in total. The maximum Gasteiger partial charge on any atom is 0.295 e. The van der Waals surface area contributed by atoms with E-state index >= 15 is 0 Å². The van der Waals surface area contributed by atoms with E-state index in [1.165, 1.54) is 6.07 Å². The standard InChI is InChI=1S/C8H9BrN2O3S/c1-10(2)4-6(12)7-3-5(11(13)14)8(9)15-7/h3H,4H2,1-2H3. The van der Waals surface area contributed by atoms with Gasteiger partial charge in [-0.3, -0.25) is 14.9 Å². The molecule has 82 valence electrons. The highest BCUT2D eigenvalue weighted by molar-refractivity contribution is 9.11. The van der Waals surface area contributed by atoms with Gasteiger partial charge >= 0.3 is 0 Å². The maximum atomic E-state index is 11.6. The molecule has 0 aliphatic carbocycles. The first-order valence-corrected chi connectivity index (χ1v) is 5.64. The molecule has 1 aromatic rings. The van der Waals surface area contributed by atoms with Gasteiger partial charge in [0.1, 0.15) is 3.79 Å². The van der Waals surface area contributed by atoms with Crippen LogP contribution in [0.15, 0.2) is 9.85 Å². The topological polar surface area (TPSA) is 63.5 Å². The van der Waals surface area contributed by atoms with Crippen molar-refractivity contribution in [1.29, 1.82) is 0 Å². The number of hydrogen-bond donors (Lipinski definition) is 0. The Hall–Kier alpha value is -0.790. The molecule has 0 unspecified atom stereocenters. The van der Waals surface area contributed by atoms with Gasteiger partial charge in [0.05, 0.1) is 16.3 Å². The highest BCUT2D eigenvalue weighted by atomic mass is 79.9. The summed E-state index contributed by atoms with van der Waals surface area (Å²) in [5.41, 5.74) is -0.0536. The lowest BCUT2D eigenvalue weighted by atomic mass is 10.3. The van der Waals surface area contributed by atoms with Crippen molar-refractivity contribution >= 4 is 38.7 Å². The van der Waals surface area contributed by atoms with Gasteiger partial charge in [-0.2, -0.15) is 0 Å². The first kappa shape index (κ1) is 12.3. The van der Waals surface area contributed by atoms with Crippen molar-refractivity contribution in [3.8, 4) is 0 Å². The minimum absolute atomic E-state index is 0.0536. The Bertz CT molecular complexity index is 403. The van der Waals surface area contributed by atoms with Gasteiger partial charge in [0.2, 0.25) is 0 Å². The fraction of sp³-hybridized carbons (Fsp3) is 0.375. The predicted octanol–water partition coefficient (Wildman–Crippen LogP) is 2.16. The molecule has 0 aromatic carbocycles. The summed E-state index contributed by atoms with van der Waals surface area (Å²) in [4.78, 5) is 23.7. The summed E-state index contributed by atoms with van der Waals surface area (Å²) in [6.07, 6.45) is 0. The highest BCUT2D eigenvalue weighted by Crippen LogP contribution is 2.34. The molecule has 0 amide bonds. The fourth-order valence-corrected chi connectivity index (χ4v) is 2.55. The lowest BCUT2D eigenvalue weighted by molar-refractivity contribution is -0.385. The molecule has 0 fully saturated rings. The Kier molecular flexibility index (Phi) is 3.95. The van der Waals surface area contributed by atoms with Crippen LogP contribution >= 0.6 is 27.3 Å². The summed E-state index contributed by atoms with van der Waals surface area (Å²) in [7, 11) is 3.55. The first-order valence-electron chi connectivity index (χ1n) is 4.03. The first-order chi connectivity index (χ1) is 6.91. The molecule has 0 spiro atoms. The van der Waals surface area contributed by atoms with Crippen LogP contribution in [0.25, 0.3) is 0 Å². The summed E-state index contributed by atoms with van der Waals surface area (Å²) in [6.45, 7) is 0.254. The van der Waals surface area contributed by atoms with E-state index in [0.29, 0.717) is 8.66 Å².